The van der Waals surface area contributed by atoms with Gasteiger partial charge in [0.15, 0.2) is 5.65 Å². The number of rotatable bonds is 5. The molecule has 2 amide bonds. The number of aryl methyl sites for hydroxylation is 1. The van der Waals surface area contributed by atoms with E-state index >= 15 is 0 Å². The van der Waals surface area contributed by atoms with Crippen LogP contribution in [-0.4, -0.2) is 57.2 Å². The Morgan fingerprint density at radius 3 is 2.65 bits per heavy atom. The summed E-state index contributed by atoms with van der Waals surface area (Å²) in [5.41, 5.74) is 7.38. The van der Waals surface area contributed by atoms with Crippen LogP contribution in [0.3, 0.4) is 0 Å². The first-order chi connectivity index (χ1) is 12.3. The molecule has 3 rings (SSSR count). The van der Waals surface area contributed by atoms with Crippen molar-refractivity contribution in [1.82, 2.24) is 25.0 Å². The van der Waals surface area contributed by atoms with Crippen molar-refractivity contribution in [2.24, 2.45) is 5.73 Å². The quantitative estimate of drug-likeness (QED) is 0.829. The Labute approximate surface area is 152 Å². The molecule has 0 atom stereocenters. The lowest BCUT2D eigenvalue weighted by Crippen LogP contribution is -2.46. The molecule has 1 aliphatic rings. The molecule has 0 unspecified atom stereocenters. The normalized spacial score (nSPS) is 16.3. The first-order valence-corrected chi connectivity index (χ1v) is 9.01. The summed E-state index contributed by atoms with van der Waals surface area (Å²) in [6, 6.07) is 2.08. The van der Waals surface area contributed by atoms with Crippen molar-refractivity contribution < 1.29 is 9.59 Å². The van der Waals surface area contributed by atoms with Crippen LogP contribution in [0.5, 0.6) is 0 Å². The minimum atomic E-state index is -0.315. The van der Waals surface area contributed by atoms with E-state index in [1.165, 1.54) is 0 Å². The van der Waals surface area contributed by atoms with E-state index in [1.807, 2.05) is 36.4 Å². The summed E-state index contributed by atoms with van der Waals surface area (Å²) < 4.78 is 1.83. The molecule has 0 spiro atoms. The summed E-state index contributed by atoms with van der Waals surface area (Å²) >= 11 is 0. The molecular weight excluding hydrogens is 332 g/mol. The van der Waals surface area contributed by atoms with E-state index in [0.29, 0.717) is 5.56 Å². The Morgan fingerprint density at radius 1 is 1.35 bits per heavy atom. The van der Waals surface area contributed by atoms with Gasteiger partial charge in [0.25, 0.3) is 5.91 Å². The minimum Gasteiger partial charge on any atom is -0.369 e. The van der Waals surface area contributed by atoms with Crippen LogP contribution in [-0.2, 0) is 4.79 Å². The number of hydrogen-bond donors (Lipinski definition) is 2. The highest BCUT2D eigenvalue weighted by Gasteiger charge is 2.23. The Bertz CT molecular complexity index is 820. The van der Waals surface area contributed by atoms with E-state index in [1.54, 1.807) is 6.20 Å². The number of likely N-dealkylation sites (tertiary alicyclic amines) is 1. The molecule has 1 aliphatic heterocycles. The number of amides is 2. The van der Waals surface area contributed by atoms with Gasteiger partial charge in [-0.05, 0) is 39.7 Å². The van der Waals surface area contributed by atoms with Gasteiger partial charge in [-0.2, -0.15) is 5.10 Å². The summed E-state index contributed by atoms with van der Waals surface area (Å²) in [5.74, 6) is -0.415. The summed E-state index contributed by atoms with van der Waals surface area (Å²) in [4.78, 5) is 30.4. The van der Waals surface area contributed by atoms with Crippen LogP contribution in [0.15, 0.2) is 12.3 Å². The van der Waals surface area contributed by atoms with Crippen molar-refractivity contribution in [3.05, 3.63) is 23.5 Å². The Morgan fingerprint density at radius 2 is 2.04 bits per heavy atom. The number of fused-ring (bicyclic) bond motifs is 1. The molecule has 0 aromatic carbocycles. The Hall–Kier alpha value is -2.48. The summed E-state index contributed by atoms with van der Waals surface area (Å²) in [5, 5.41) is 8.28. The molecule has 0 aliphatic carbocycles. The first-order valence-electron chi connectivity index (χ1n) is 9.01. The molecule has 2 aromatic heterocycles. The molecule has 8 nitrogen and oxygen atoms in total. The lowest BCUT2D eigenvalue weighted by Gasteiger charge is -2.31. The van der Waals surface area contributed by atoms with Gasteiger partial charge >= 0.3 is 0 Å². The highest BCUT2D eigenvalue weighted by Crippen LogP contribution is 2.21. The second-order valence-corrected chi connectivity index (χ2v) is 7.22. The topological polar surface area (TPSA) is 106 Å². The molecule has 140 valence electrons. The van der Waals surface area contributed by atoms with Gasteiger partial charge in [0.2, 0.25) is 5.91 Å². The molecule has 1 fully saturated rings. The van der Waals surface area contributed by atoms with E-state index in [-0.39, 0.29) is 30.4 Å². The number of nitrogens with one attached hydrogen (secondary N) is 1. The maximum absolute atomic E-state index is 12.9. The second kappa shape index (κ2) is 7.41. The van der Waals surface area contributed by atoms with Gasteiger partial charge in [0.05, 0.1) is 23.7 Å². The van der Waals surface area contributed by atoms with Crippen LogP contribution in [0.4, 0.5) is 0 Å². The summed E-state index contributed by atoms with van der Waals surface area (Å²) in [6.45, 7) is 7.75. The van der Waals surface area contributed by atoms with Crippen molar-refractivity contribution in [1.29, 1.82) is 0 Å². The monoisotopic (exact) mass is 358 g/mol. The number of carbonyl (C=O) groups excluding carboxylic acids is 2. The number of nitrogens with two attached hydrogens (primary N) is 1. The van der Waals surface area contributed by atoms with E-state index < -0.39 is 0 Å². The molecule has 3 N–H and O–H groups in total. The van der Waals surface area contributed by atoms with Gasteiger partial charge < -0.3 is 11.1 Å². The number of nitrogens with zero attached hydrogens (tertiary/aromatic N) is 4. The van der Waals surface area contributed by atoms with Crippen molar-refractivity contribution in [2.75, 3.05) is 19.6 Å². The molecule has 8 heteroatoms. The van der Waals surface area contributed by atoms with Crippen LogP contribution in [0.1, 0.15) is 48.8 Å². The number of pyridine rings is 1. The Kier molecular flexibility index (Phi) is 5.22. The van der Waals surface area contributed by atoms with E-state index in [9.17, 15) is 9.59 Å². The molecule has 0 radical (unpaired) electrons. The average Bonchev–Trinajstić information content (AvgIpc) is 2.99. The van der Waals surface area contributed by atoms with Crippen LogP contribution in [0.2, 0.25) is 0 Å². The lowest BCUT2D eigenvalue weighted by molar-refractivity contribution is -0.119. The number of primary amides is 1. The van der Waals surface area contributed by atoms with Crippen molar-refractivity contribution in [3.63, 3.8) is 0 Å². The smallest absolute Gasteiger partial charge is 0.252 e. The molecule has 0 saturated carbocycles. The molecule has 0 bridgehead atoms. The van der Waals surface area contributed by atoms with Gasteiger partial charge in [-0.15, -0.1) is 0 Å². The number of piperidine rings is 1. The van der Waals surface area contributed by atoms with Gasteiger partial charge in [-0.3, -0.25) is 14.5 Å². The van der Waals surface area contributed by atoms with Crippen molar-refractivity contribution >= 4 is 22.8 Å². The van der Waals surface area contributed by atoms with Crippen LogP contribution in [0, 0.1) is 6.92 Å². The Balaban J connectivity index is 1.74. The second-order valence-electron chi connectivity index (χ2n) is 7.22. The predicted molar refractivity (Wildman–Crippen MR) is 98.8 cm³/mol. The lowest BCUT2D eigenvalue weighted by atomic mass is 10.0. The summed E-state index contributed by atoms with van der Waals surface area (Å²) in [7, 11) is 0. The van der Waals surface area contributed by atoms with Crippen LogP contribution in [0.25, 0.3) is 11.0 Å². The highest BCUT2D eigenvalue weighted by atomic mass is 16.2. The third kappa shape index (κ3) is 3.85. The van der Waals surface area contributed by atoms with Gasteiger partial charge in [-0.25, -0.2) is 9.67 Å². The average molecular weight is 358 g/mol. The van der Waals surface area contributed by atoms with Gasteiger partial charge in [0, 0.05) is 30.9 Å². The molecule has 2 aromatic rings. The molecular formula is C18H26N6O2. The van der Waals surface area contributed by atoms with E-state index in [0.717, 1.165) is 42.7 Å². The standard InChI is InChI=1S/C18H26N6O2/c1-11(2)24-17-15(9-20-24)14(8-12(3)21-17)18(26)22-13-4-6-23(7-5-13)10-16(19)25/h8-9,11,13H,4-7,10H2,1-3H3,(H2,19,25)(H,22,26). The van der Waals surface area contributed by atoms with Crippen LogP contribution >= 0.6 is 0 Å². The number of hydrogen-bond acceptors (Lipinski definition) is 5. The zero-order valence-corrected chi connectivity index (χ0v) is 15.5. The zero-order chi connectivity index (χ0) is 18.8. The number of aromatic nitrogens is 3. The molecule has 1 saturated heterocycles. The fourth-order valence-corrected chi connectivity index (χ4v) is 3.43. The fourth-order valence-electron chi connectivity index (χ4n) is 3.43. The highest BCUT2D eigenvalue weighted by molar-refractivity contribution is 6.05. The zero-order valence-electron chi connectivity index (χ0n) is 15.5. The SMILES string of the molecule is Cc1cc(C(=O)NC2CCN(CC(N)=O)CC2)c2cnn(C(C)C)c2n1. The van der Waals surface area contributed by atoms with Crippen LogP contribution < -0.4 is 11.1 Å². The molecule has 3 heterocycles. The van der Waals surface area contributed by atoms with E-state index in [2.05, 4.69) is 15.4 Å². The largest absolute Gasteiger partial charge is 0.369 e. The number of carbonyl (C=O) groups is 2. The minimum absolute atomic E-state index is 0.0929. The third-order valence-electron chi connectivity index (χ3n) is 4.73. The molecule has 26 heavy (non-hydrogen) atoms. The van der Waals surface area contributed by atoms with Gasteiger partial charge in [0.1, 0.15) is 0 Å². The maximum Gasteiger partial charge on any atom is 0.252 e. The predicted octanol–water partition coefficient (Wildman–Crippen LogP) is 1.00. The van der Waals surface area contributed by atoms with Crippen molar-refractivity contribution in [2.45, 2.75) is 45.7 Å². The van der Waals surface area contributed by atoms with Crippen molar-refractivity contribution in [3.8, 4) is 0 Å². The summed E-state index contributed by atoms with van der Waals surface area (Å²) in [6.07, 6.45) is 3.32. The van der Waals surface area contributed by atoms with Gasteiger partial charge in [-0.1, -0.05) is 0 Å². The fraction of sp³-hybridized carbons (Fsp3) is 0.556. The third-order valence-corrected chi connectivity index (χ3v) is 4.73. The van der Waals surface area contributed by atoms with E-state index in [4.69, 9.17) is 5.73 Å². The maximum atomic E-state index is 12.9. The first kappa shape index (κ1) is 18.3.